The topological polar surface area (TPSA) is 28.7 Å². The van der Waals surface area contributed by atoms with Gasteiger partial charge in [0.2, 0.25) is 0 Å². The van der Waals surface area contributed by atoms with Gasteiger partial charge in [0.05, 0.1) is 0 Å². The molecule has 0 aliphatic rings. The van der Waals surface area contributed by atoms with Gasteiger partial charge in [-0.25, -0.2) is 0 Å². The maximum absolute atomic E-state index is 5.64. The average Bonchev–Trinajstić information content (AvgIpc) is 2.12. The summed E-state index contributed by atoms with van der Waals surface area (Å²) in [5.74, 6) is 0. The van der Waals surface area contributed by atoms with Crippen molar-refractivity contribution in [3.05, 3.63) is 18.0 Å². The van der Waals surface area contributed by atoms with E-state index >= 15 is 0 Å². The summed E-state index contributed by atoms with van der Waals surface area (Å²) < 4.78 is 0.846. The van der Waals surface area contributed by atoms with Crippen LogP contribution >= 0.6 is 11.6 Å². The monoisotopic (exact) mass is 298 g/mol. The SMILES string of the molecule is Cl[C](=[W])c1cn[nH]c1. The van der Waals surface area contributed by atoms with E-state index in [1.807, 2.05) is 0 Å². The molecule has 1 aromatic heterocycles. The van der Waals surface area contributed by atoms with Crippen LogP contribution in [0.1, 0.15) is 5.56 Å². The van der Waals surface area contributed by atoms with Crippen molar-refractivity contribution in [1.82, 2.24) is 10.2 Å². The van der Waals surface area contributed by atoms with E-state index in [1.54, 1.807) is 12.4 Å². The Labute approximate surface area is 62.7 Å². The van der Waals surface area contributed by atoms with Crippen LogP contribution in [-0.2, 0) is 19.4 Å². The third-order valence-electron chi connectivity index (χ3n) is 0.725. The third-order valence-corrected chi connectivity index (χ3v) is 1.79. The molecule has 0 radical (unpaired) electrons. The first-order valence-corrected chi connectivity index (χ1v) is 3.84. The molecule has 1 aromatic rings. The van der Waals surface area contributed by atoms with E-state index in [4.69, 9.17) is 11.6 Å². The molecule has 0 unspecified atom stereocenters. The number of aromatic nitrogens is 2. The van der Waals surface area contributed by atoms with Crippen molar-refractivity contribution in [2.24, 2.45) is 0 Å². The van der Waals surface area contributed by atoms with Crippen LogP contribution < -0.4 is 0 Å². The van der Waals surface area contributed by atoms with Gasteiger partial charge in [0.25, 0.3) is 0 Å². The number of hydrogen-bond donors (Lipinski definition) is 1. The van der Waals surface area contributed by atoms with Crippen LogP contribution in [0.4, 0.5) is 0 Å². The van der Waals surface area contributed by atoms with Gasteiger partial charge in [-0.05, 0) is 0 Å². The van der Waals surface area contributed by atoms with Gasteiger partial charge in [0.1, 0.15) is 0 Å². The molecule has 1 rings (SSSR count). The predicted octanol–water partition coefficient (Wildman–Crippen LogP) is 0.673. The Morgan fingerprint density at radius 3 is 2.88 bits per heavy atom. The van der Waals surface area contributed by atoms with Crippen LogP contribution in [0, 0.1) is 0 Å². The molecule has 0 aliphatic heterocycles. The summed E-state index contributed by atoms with van der Waals surface area (Å²) >= 11 is 6.90. The van der Waals surface area contributed by atoms with Crippen molar-refractivity contribution < 1.29 is 19.4 Å². The van der Waals surface area contributed by atoms with Crippen LogP contribution in [-0.4, -0.2) is 13.6 Å². The number of aromatic amines is 1. The third kappa shape index (κ3) is 1.27. The molecule has 0 saturated carbocycles. The fourth-order valence-corrected chi connectivity index (χ4v) is 0.863. The molecular formula is C4H3ClN2W. The second-order valence-corrected chi connectivity index (χ2v) is 4.00. The van der Waals surface area contributed by atoms with E-state index in [0.29, 0.717) is 0 Å². The van der Waals surface area contributed by atoms with Gasteiger partial charge >= 0.3 is 62.5 Å². The zero-order chi connectivity index (χ0) is 5.98. The van der Waals surface area contributed by atoms with Crippen molar-refractivity contribution >= 4 is 15.0 Å². The summed E-state index contributed by atoms with van der Waals surface area (Å²) in [7, 11) is 0. The molecule has 0 spiro atoms. The number of nitrogens with zero attached hydrogens (tertiary/aromatic N) is 1. The second-order valence-electron chi connectivity index (χ2n) is 1.26. The van der Waals surface area contributed by atoms with Gasteiger partial charge in [-0.3, -0.25) is 0 Å². The van der Waals surface area contributed by atoms with E-state index < -0.39 is 0 Å². The molecule has 42 valence electrons. The van der Waals surface area contributed by atoms with Crippen LogP contribution in [0.3, 0.4) is 0 Å². The summed E-state index contributed by atoms with van der Waals surface area (Å²) in [6.07, 6.45) is 3.48. The van der Waals surface area contributed by atoms with Crippen LogP contribution in [0.15, 0.2) is 12.4 Å². The van der Waals surface area contributed by atoms with Gasteiger partial charge in [-0.2, -0.15) is 0 Å². The predicted molar refractivity (Wildman–Crippen MR) is 28.5 cm³/mol. The molecule has 0 amide bonds. The molecule has 0 saturated heterocycles. The van der Waals surface area contributed by atoms with E-state index in [9.17, 15) is 0 Å². The minimum absolute atomic E-state index is 0.846. The van der Waals surface area contributed by atoms with E-state index in [1.165, 1.54) is 19.4 Å². The average molecular weight is 298 g/mol. The minimum atomic E-state index is 0.846. The number of rotatable bonds is 1. The van der Waals surface area contributed by atoms with Crippen LogP contribution in [0.25, 0.3) is 0 Å². The zero-order valence-electron chi connectivity index (χ0n) is 3.89. The Morgan fingerprint density at radius 2 is 2.62 bits per heavy atom. The molecule has 0 atom stereocenters. The molecule has 8 heavy (non-hydrogen) atoms. The summed E-state index contributed by atoms with van der Waals surface area (Å²) in [4.78, 5) is 0. The molecule has 0 aromatic carbocycles. The molecular weight excluding hydrogens is 295 g/mol. The normalized spacial score (nSPS) is 9.12. The first-order chi connectivity index (χ1) is 3.80. The van der Waals surface area contributed by atoms with Crippen molar-refractivity contribution in [3.8, 4) is 0 Å². The molecule has 0 aliphatic carbocycles. The fraction of sp³-hybridized carbons (Fsp3) is 0. The maximum atomic E-state index is 5.64. The number of halogens is 1. The molecule has 1 heterocycles. The number of H-pyrrole nitrogens is 1. The van der Waals surface area contributed by atoms with E-state index in [-0.39, 0.29) is 0 Å². The van der Waals surface area contributed by atoms with Crippen LogP contribution in [0.2, 0.25) is 0 Å². The Kier molecular flexibility index (Phi) is 1.98. The fourth-order valence-electron chi connectivity index (χ4n) is 0.358. The van der Waals surface area contributed by atoms with Gasteiger partial charge in [-0.1, -0.05) is 0 Å². The number of hydrogen-bond acceptors (Lipinski definition) is 1. The number of nitrogens with one attached hydrogen (secondary N) is 1. The first-order valence-electron chi connectivity index (χ1n) is 1.99. The first kappa shape index (κ1) is 6.18. The summed E-state index contributed by atoms with van der Waals surface area (Å²) in [6.45, 7) is 0. The molecule has 2 nitrogen and oxygen atoms in total. The van der Waals surface area contributed by atoms with E-state index in [2.05, 4.69) is 10.2 Å². The Bertz CT molecular complexity index is 182. The quantitative estimate of drug-likeness (QED) is 0.811. The van der Waals surface area contributed by atoms with Gasteiger partial charge in [-0.15, -0.1) is 0 Å². The molecule has 0 bridgehead atoms. The van der Waals surface area contributed by atoms with Crippen molar-refractivity contribution in [2.45, 2.75) is 0 Å². The Morgan fingerprint density at radius 1 is 1.88 bits per heavy atom. The van der Waals surface area contributed by atoms with Crippen molar-refractivity contribution in [2.75, 3.05) is 0 Å². The summed E-state index contributed by atoms with van der Waals surface area (Å²) in [5.41, 5.74) is 0.988. The zero-order valence-corrected chi connectivity index (χ0v) is 7.58. The van der Waals surface area contributed by atoms with E-state index in [0.717, 1.165) is 8.92 Å². The van der Waals surface area contributed by atoms with Gasteiger partial charge in [0, 0.05) is 0 Å². The standard InChI is InChI=1S/C4H3ClN2.W/c5-1-4-2-6-7-3-4;/h2-3H,(H,6,7);. The summed E-state index contributed by atoms with van der Waals surface area (Å²) in [6, 6.07) is 0. The molecule has 4 heteroatoms. The van der Waals surface area contributed by atoms with Gasteiger partial charge < -0.3 is 0 Å². The molecule has 0 fully saturated rings. The summed E-state index contributed by atoms with van der Waals surface area (Å²) in [5, 5.41) is 6.40. The molecule has 1 N–H and O–H groups in total. The van der Waals surface area contributed by atoms with Crippen molar-refractivity contribution in [1.29, 1.82) is 0 Å². The van der Waals surface area contributed by atoms with Gasteiger partial charge in [0.15, 0.2) is 0 Å². The Balaban J connectivity index is 2.93. The second kappa shape index (κ2) is 2.56. The Hall–Kier alpha value is 0.0583. The van der Waals surface area contributed by atoms with Crippen LogP contribution in [0.5, 0.6) is 0 Å². The van der Waals surface area contributed by atoms with Crippen molar-refractivity contribution in [3.63, 3.8) is 0 Å².